The molecule has 0 fully saturated rings. The van der Waals surface area contributed by atoms with Crippen molar-refractivity contribution < 1.29 is 22.7 Å². The number of rotatable bonds is 4. The summed E-state index contributed by atoms with van der Waals surface area (Å²) in [6.07, 6.45) is 0. The Bertz CT molecular complexity index is 911. The van der Waals surface area contributed by atoms with Gasteiger partial charge in [-0.25, -0.2) is 13.1 Å². The predicted octanol–water partition coefficient (Wildman–Crippen LogP) is 1.64. The van der Waals surface area contributed by atoms with Crippen LogP contribution in [0.15, 0.2) is 47.4 Å². The van der Waals surface area contributed by atoms with Crippen molar-refractivity contribution in [1.29, 1.82) is 0 Å². The molecule has 0 unspecified atom stereocenters. The van der Waals surface area contributed by atoms with Crippen LogP contribution in [0.4, 0.5) is 5.69 Å². The third kappa shape index (κ3) is 3.18. The van der Waals surface area contributed by atoms with Crippen LogP contribution < -0.4 is 19.1 Å². The molecule has 2 aromatic rings. The number of benzene rings is 2. The first-order valence-corrected chi connectivity index (χ1v) is 9.11. The molecule has 0 aliphatic carbocycles. The van der Waals surface area contributed by atoms with E-state index in [1.54, 1.807) is 23.1 Å². The highest BCUT2D eigenvalue weighted by molar-refractivity contribution is 7.89. The van der Waals surface area contributed by atoms with Gasteiger partial charge in [0.25, 0.3) is 5.91 Å². The van der Waals surface area contributed by atoms with E-state index in [1.165, 1.54) is 26.3 Å². The summed E-state index contributed by atoms with van der Waals surface area (Å²) in [6.45, 7) is 0.760. The smallest absolute Gasteiger partial charge is 0.258 e. The highest BCUT2D eigenvalue weighted by Gasteiger charge is 2.26. The minimum atomic E-state index is -3.76. The molecule has 7 nitrogen and oxygen atoms in total. The zero-order valence-corrected chi connectivity index (χ0v) is 14.7. The number of hydrogen-bond donors (Lipinski definition) is 1. The van der Waals surface area contributed by atoms with Crippen LogP contribution in [0.25, 0.3) is 0 Å². The fourth-order valence-corrected chi connectivity index (χ4v) is 3.58. The van der Waals surface area contributed by atoms with Gasteiger partial charge < -0.3 is 14.4 Å². The summed E-state index contributed by atoms with van der Waals surface area (Å²) in [7, 11) is -1.07. The quantitative estimate of drug-likeness (QED) is 0.894. The molecule has 0 saturated carbocycles. The number of anilines is 1. The molecule has 25 heavy (non-hydrogen) atoms. The third-order valence-electron chi connectivity index (χ3n) is 3.94. The molecule has 3 rings (SSSR count). The van der Waals surface area contributed by atoms with Crippen LogP contribution in [0, 0.1) is 0 Å². The standard InChI is InChI=1S/C17H18N2O5S/c1-18-25(21,22)16-11-12(7-8-15(16)23-2)17(20)19-9-10-24-14-6-4-3-5-13(14)19/h3-8,11,18H,9-10H2,1-2H3. The van der Waals surface area contributed by atoms with Crippen molar-refractivity contribution in [3.05, 3.63) is 48.0 Å². The fourth-order valence-electron chi connectivity index (χ4n) is 2.67. The van der Waals surface area contributed by atoms with Gasteiger partial charge in [0.15, 0.2) is 0 Å². The van der Waals surface area contributed by atoms with Crippen molar-refractivity contribution >= 4 is 21.6 Å². The van der Waals surface area contributed by atoms with Gasteiger partial charge in [0.05, 0.1) is 19.3 Å². The molecule has 2 aromatic carbocycles. The monoisotopic (exact) mass is 362 g/mol. The molecule has 1 N–H and O–H groups in total. The number of carbonyl (C=O) groups is 1. The van der Waals surface area contributed by atoms with E-state index in [2.05, 4.69) is 4.72 Å². The van der Waals surface area contributed by atoms with E-state index in [-0.39, 0.29) is 22.1 Å². The number of hydrogen-bond acceptors (Lipinski definition) is 5. The van der Waals surface area contributed by atoms with E-state index in [0.29, 0.717) is 24.6 Å². The molecule has 0 bridgehead atoms. The first-order chi connectivity index (χ1) is 12.0. The second-order valence-corrected chi connectivity index (χ2v) is 7.20. The largest absolute Gasteiger partial charge is 0.495 e. The Morgan fingerprint density at radius 1 is 1.24 bits per heavy atom. The average Bonchev–Trinajstić information content (AvgIpc) is 2.66. The van der Waals surface area contributed by atoms with Gasteiger partial charge >= 0.3 is 0 Å². The molecule has 1 aliphatic rings. The van der Waals surface area contributed by atoms with E-state index in [1.807, 2.05) is 12.1 Å². The zero-order valence-electron chi connectivity index (χ0n) is 13.9. The summed E-state index contributed by atoms with van der Waals surface area (Å²) in [5.74, 6) is 0.498. The van der Waals surface area contributed by atoms with Crippen LogP contribution in [0.2, 0.25) is 0 Å². The summed E-state index contributed by atoms with van der Waals surface area (Å²) in [5, 5.41) is 0. The van der Waals surface area contributed by atoms with Crippen LogP contribution in [0.1, 0.15) is 10.4 Å². The third-order valence-corrected chi connectivity index (χ3v) is 5.38. The molecule has 132 valence electrons. The topological polar surface area (TPSA) is 84.9 Å². The number of fused-ring (bicyclic) bond motifs is 1. The Kier molecular flexibility index (Phi) is 4.65. The molecule has 0 saturated heterocycles. The minimum Gasteiger partial charge on any atom is -0.495 e. The lowest BCUT2D eigenvalue weighted by Crippen LogP contribution is -2.38. The van der Waals surface area contributed by atoms with Gasteiger partial charge in [0.2, 0.25) is 10.0 Å². The number of ether oxygens (including phenoxy) is 2. The summed E-state index contributed by atoms with van der Waals surface area (Å²) < 4.78 is 37.3. The van der Waals surface area contributed by atoms with Gasteiger partial charge in [0.1, 0.15) is 23.0 Å². The first-order valence-electron chi connectivity index (χ1n) is 7.63. The lowest BCUT2D eigenvalue weighted by Gasteiger charge is -2.29. The highest BCUT2D eigenvalue weighted by atomic mass is 32.2. The maximum Gasteiger partial charge on any atom is 0.258 e. The maximum atomic E-state index is 12.9. The Hall–Kier alpha value is -2.58. The Morgan fingerprint density at radius 2 is 2.00 bits per heavy atom. The summed E-state index contributed by atoms with van der Waals surface area (Å²) >= 11 is 0. The number of carbonyl (C=O) groups excluding carboxylic acids is 1. The number of nitrogens with zero attached hydrogens (tertiary/aromatic N) is 1. The van der Waals surface area contributed by atoms with E-state index in [4.69, 9.17) is 9.47 Å². The molecular formula is C17H18N2O5S. The summed E-state index contributed by atoms with van der Waals surface area (Å²) in [6, 6.07) is 11.6. The van der Waals surface area contributed by atoms with Gasteiger partial charge in [-0.05, 0) is 37.4 Å². The SMILES string of the molecule is CNS(=O)(=O)c1cc(C(=O)N2CCOc3ccccc32)ccc1OC. The van der Waals surface area contributed by atoms with Gasteiger partial charge in [-0.15, -0.1) is 0 Å². The lowest BCUT2D eigenvalue weighted by molar-refractivity contribution is 0.0976. The molecule has 8 heteroatoms. The number of para-hydroxylation sites is 2. The van der Waals surface area contributed by atoms with Gasteiger partial charge in [-0.2, -0.15) is 0 Å². The zero-order chi connectivity index (χ0) is 18.0. The van der Waals surface area contributed by atoms with Crippen LogP contribution >= 0.6 is 0 Å². The average molecular weight is 362 g/mol. The summed E-state index contributed by atoms with van der Waals surface area (Å²) in [5.41, 5.74) is 0.916. The second kappa shape index (κ2) is 6.73. The maximum absolute atomic E-state index is 12.9. The van der Waals surface area contributed by atoms with Crippen molar-refractivity contribution in [2.24, 2.45) is 0 Å². The second-order valence-electron chi connectivity index (χ2n) is 5.35. The molecule has 1 heterocycles. The molecule has 0 spiro atoms. The summed E-state index contributed by atoms with van der Waals surface area (Å²) in [4.78, 5) is 14.4. The van der Waals surface area contributed by atoms with E-state index < -0.39 is 10.0 Å². The molecule has 0 aromatic heterocycles. The van der Waals surface area contributed by atoms with E-state index in [0.717, 1.165) is 0 Å². The first kappa shape index (κ1) is 17.2. The predicted molar refractivity (Wildman–Crippen MR) is 92.9 cm³/mol. The molecule has 1 amide bonds. The Balaban J connectivity index is 2.03. The van der Waals surface area contributed by atoms with Gasteiger partial charge in [-0.3, -0.25) is 4.79 Å². The lowest BCUT2D eigenvalue weighted by atomic mass is 10.1. The van der Waals surface area contributed by atoms with Crippen LogP contribution in [-0.2, 0) is 10.0 Å². The molecule has 0 radical (unpaired) electrons. The van der Waals surface area contributed by atoms with Crippen molar-refractivity contribution in [3.63, 3.8) is 0 Å². The number of amides is 1. The van der Waals surface area contributed by atoms with Gasteiger partial charge in [0, 0.05) is 5.56 Å². The van der Waals surface area contributed by atoms with Crippen LogP contribution in [0.5, 0.6) is 11.5 Å². The van der Waals surface area contributed by atoms with Crippen molar-refractivity contribution in [2.75, 3.05) is 32.2 Å². The highest BCUT2D eigenvalue weighted by Crippen LogP contribution is 2.33. The van der Waals surface area contributed by atoms with Crippen molar-refractivity contribution in [3.8, 4) is 11.5 Å². The number of methoxy groups -OCH3 is 1. The number of nitrogens with one attached hydrogen (secondary N) is 1. The normalized spacial score (nSPS) is 13.8. The van der Waals surface area contributed by atoms with E-state index >= 15 is 0 Å². The Morgan fingerprint density at radius 3 is 2.72 bits per heavy atom. The minimum absolute atomic E-state index is 0.0788. The number of sulfonamides is 1. The van der Waals surface area contributed by atoms with Crippen molar-refractivity contribution in [1.82, 2.24) is 4.72 Å². The van der Waals surface area contributed by atoms with Crippen LogP contribution in [0.3, 0.4) is 0 Å². The van der Waals surface area contributed by atoms with Crippen molar-refractivity contribution in [2.45, 2.75) is 4.90 Å². The van der Waals surface area contributed by atoms with Crippen LogP contribution in [-0.4, -0.2) is 41.6 Å². The van der Waals surface area contributed by atoms with Gasteiger partial charge in [-0.1, -0.05) is 12.1 Å². The molecule has 0 atom stereocenters. The fraction of sp³-hybridized carbons (Fsp3) is 0.235. The molecular weight excluding hydrogens is 344 g/mol. The molecule has 1 aliphatic heterocycles. The van der Waals surface area contributed by atoms with E-state index in [9.17, 15) is 13.2 Å². The Labute approximate surface area is 146 Å².